The molecule has 9 nitrogen and oxygen atoms in total. The first-order chi connectivity index (χ1) is 13.3. The van der Waals surface area contributed by atoms with Gasteiger partial charge >= 0.3 is 168 Å². The zero-order valence-electron chi connectivity index (χ0n) is 15.2. The molecule has 0 amide bonds. The molecular weight excluding hydrogens is 475 g/mol. The standard InChI is InChI=1S/3C6H6O3.In/c3*1-4-2-5(7)6(8)3-9-4;/h3*2-3,8H,1H3;/q;;;+3/p-3. The Balaban J connectivity index is 1.93. The fraction of sp³-hybridized carbons (Fsp3) is 0.167. The van der Waals surface area contributed by atoms with Crippen LogP contribution in [0.2, 0.25) is 0 Å². The number of aryl methyl sites for hydroxylation is 3. The van der Waals surface area contributed by atoms with Crippen molar-refractivity contribution >= 4 is 22.7 Å². The molecule has 3 aromatic heterocycles. The maximum absolute atomic E-state index is 12.1. The molecule has 28 heavy (non-hydrogen) atoms. The average molecular weight is 490 g/mol. The van der Waals surface area contributed by atoms with Gasteiger partial charge in [-0.2, -0.15) is 0 Å². The summed E-state index contributed by atoms with van der Waals surface area (Å²) in [4.78, 5) is 36.2. The van der Waals surface area contributed by atoms with Crippen molar-refractivity contribution in [2.24, 2.45) is 0 Å². The van der Waals surface area contributed by atoms with E-state index in [0.29, 0.717) is 17.3 Å². The Morgan fingerprint density at radius 1 is 0.607 bits per heavy atom. The Labute approximate surface area is 167 Å². The summed E-state index contributed by atoms with van der Waals surface area (Å²) in [6, 6.07) is 3.70. The van der Waals surface area contributed by atoms with Gasteiger partial charge in [0.25, 0.3) is 0 Å². The van der Waals surface area contributed by atoms with E-state index in [0.717, 1.165) is 18.8 Å². The SMILES string of the molecule is Cc1cc(=O)c([O][In]([O]c2coc(C)cc2=O)[O]c2coc(C)cc2=O)co1. The van der Waals surface area contributed by atoms with Crippen LogP contribution < -0.4 is 24.8 Å². The summed E-state index contributed by atoms with van der Waals surface area (Å²) in [6.07, 6.45) is 3.34. The van der Waals surface area contributed by atoms with Crippen molar-refractivity contribution in [3.05, 3.63) is 84.9 Å². The van der Waals surface area contributed by atoms with Crippen LogP contribution in [0.5, 0.6) is 17.2 Å². The molecule has 0 N–H and O–H groups in total. The molecule has 3 heterocycles. The quantitative estimate of drug-likeness (QED) is 0.511. The van der Waals surface area contributed by atoms with Crippen LogP contribution in [0.4, 0.5) is 0 Å². The molecular formula is C18H15InO9. The third-order valence-corrected chi connectivity index (χ3v) is 7.28. The van der Waals surface area contributed by atoms with Gasteiger partial charge in [0.2, 0.25) is 0 Å². The predicted molar refractivity (Wildman–Crippen MR) is 96.8 cm³/mol. The number of rotatable bonds is 6. The van der Waals surface area contributed by atoms with Gasteiger partial charge in [0.05, 0.1) is 0 Å². The second-order valence-corrected chi connectivity index (χ2v) is 9.47. The van der Waals surface area contributed by atoms with Crippen molar-refractivity contribution in [3.63, 3.8) is 0 Å². The minimum atomic E-state index is -4.17. The molecule has 3 rings (SSSR count). The molecule has 0 saturated heterocycles. The molecule has 0 fully saturated rings. The second-order valence-electron chi connectivity index (χ2n) is 5.80. The Morgan fingerprint density at radius 2 is 0.893 bits per heavy atom. The van der Waals surface area contributed by atoms with Gasteiger partial charge in [-0.1, -0.05) is 0 Å². The van der Waals surface area contributed by atoms with Crippen LogP contribution in [0.1, 0.15) is 17.3 Å². The van der Waals surface area contributed by atoms with Gasteiger partial charge in [0.1, 0.15) is 0 Å². The summed E-state index contributed by atoms with van der Waals surface area (Å²) in [6.45, 7) is 4.82. The number of hydrogen-bond donors (Lipinski definition) is 0. The maximum atomic E-state index is 12.1. The fourth-order valence-corrected chi connectivity index (χ4v) is 5.78. The monoisotopic (exact) mass is 490 g/mol. The van der Waals surface area contributed by atoms with Crippen LogP contribution in [-0.2, 0) is 0 Å². The Kier molecular flexibility index (Phi) is 5.98. The average Bonchev–Trinajstić information content (AvgIpc) is 2.62. The fourth-order valence-electron chi connectivity index (χ4n) is 2.12. The predicted octanol–water partition coefficient (Wildman–Crippen LogP) is 1.99. The molecule has 0 bridgehead atoms. The van der Waals surface area contributed by atoms with Gasteiger partial charge in [0, 0.05) is 0 Å². The summed E-state index contributed by atoms with van der Waals surface area (Å²) in [5, 5.41) is 0. The van der Waals surface area contributed by atoms with Gasteiger partial charge in [-0.3, -0.25) is 0 Å². The first-order valence-corrected chi connectivity index (χ1v) is 12.1. The van der Waals surface area contributed by atoms with Gasteiger partial charge in [0.15, 0.2) is 0 Å². The molecule has 0 radical (unpaired) electrons. The first-order valence-electron chi connectivity index (χ1n) is 8.10. The summed E-state index contributed by atoms with van der Waals surface area (Å²) < 4.78 is 32.2. The molecule has 0 saturated carbocycles. The molecule has 3 aromatic rings. The van der Waals surface area contributed by atoms with E-state index in [1.165, 1.54) is 18.2 Å². The van der Waals surface area contributed by atoms with E-state index in [-0.39, 0.29) is 17.2 Å². The van der Waals surface area contributed by atoms with E-state index < -0.39 is 39.0 Å². The van der Waals surface area contributed by atoms with Gasteiger partial charge in [-0.15, -0.1) is 0 Å². The minimum absolute atomic E-state index is 0.153. The van der Waals surface area contributed by atoms with Gasteiger partial charge < -0.3 is 0 Å². The van der Waals surface area contributed by atoms with Crippen molar-refractivity contribution in [2.45, 2.75) is 20.8 Å². The van der Waals surface area contributed by atoms with Crippen LogP contribution in [0.3, 0.4) is 0 Å². The van der Waals surface area contributed by atoms with Crippen LogP contribution >= 0.6 is 0 Å². The Morgan fingerprint density at radius 3 is 1.14 bits per heavy atom. The topological polar surface area (TPSA) is 118 Å². The zero-order chi connectivity index (χ0) is 20.3. The number of hydrogen-bond acceptors (Lipinski definition) is 9. The molecule has 0 spiro atoms. The van der Waals surface area contributed by atoms with Crippen LogP contribution in [0, 0.1) is 20.8 Å². The molecule has 144 valence electrons. The molecule has 0 aliphatic carbocycles. The van der Waals surface area contributed by atoms with E-state index in [9.17, 15) is 14.4 Å². The Bertz CT molecular complexity index is 1010. The van der Waals surface area contributed by atoms with E-state index >= 15 is 0 Å². The van der Waals surface area contributed by atoms with E-state index in [2.05, 4.69) is 0 Å². The zero-order valence-corrected chi connectivity index (χ0v) is 18.5. The first kappa shape index (κ1) is 19.9. The van der Waals surface area contributed by atoms with Crippen molar-refractivity contribution in [1.82, 2.24) is 0 Å². The Hall–Kier alpha value is -2.88. The summed E-state index contributed by atoms with van der Waals surface area (Å²) in [5.41, 5.74) is -1.36. The molecule has 0 aliphatic rings. The molecule has 10 heteroatoms. The normalized spacial score (nSPS) is 10.4. The molecule has 0 aliphatic heterocycles. The van der Waals surface area contributed by atoms with E-state index in [1.807, 2.05) is 0 Å². The molecule has 0 atom stereocenters. The van der Waals surface area contributed by atoms with Crippen molar-refractivity contribution in [1.29, 1.82) is 0 Å². The van der Waals surface area contributed by atoms with E-state index in [4.69, 9.17) is 21.8 Å². The molecule has 0 aromatic carbocycles. The van der Waals surface area contributed by atoms with Crippen molar-refractivity contribution in [3.8, 4) is 17.2 Å². The van der Waals surface area contributed by atoms with Crippen LogP contribution in [0.25, 0.3) is 0 Å². The van der Waals surface area contributed by atoms with Gasteiger partial charge in [-0.05, 0) is 0 Å². The summed E-state index contributed by atoms with van der Waals surface area (Å²) >= 11 is -4.17. The van der Waals surface area contributed by atoms with E-state index in [1.54, 1.807) is 20.8 Å². The van der Waals surface area contributed by atoms with Gasteiger partial charge in [-0.25, -0.2) is 0 Å². The summed E-state index contributed by atoms with van der Waals surface area (Å²) in [5.74, 6) is 0.719. The third kappa shape index (κ3) is 4.89. The van der Waals surface area contributed by atoms with Crippen molar-refractivity contribution in [2.75, 3.05) is 0 Å². The van der Waals surface area contributed by atoms with Crippen LogP contribution in [-0.4, -0.2) is 22.7 Å². The molecule has 0 unspecified atom stereocenters. The van der Waals surface area contributed by atoms with Crippen LogP contribution in [0.15, 0.2) is 64.6 Å². The third-order valence-electron chi connectivity index (χ3n) is 3.46. The second kappa shape index (κ2) is 8.42. The summed E-state index contributed by atoms with van der Waals surface area (Å²) in [7, 11) is 0. The van der Waals surface area contributed by atoms with Crippen molar-refractivity contribution < 1.29 is 21.8 Å².